The quantitative estimate of drug-likeness (QED) is 0.608. The fourth-order valence-corrected chi connectivity index (χ4v) is 3.45. The number of benzene rings is 3. The topological polar surface area (TPSA) is 84.5 Å². The van der Waals surface area contributed by atoms with Crippen LogP contribution in [-0.2, 0) is 10.0 Å². The van der Waals surface area contributed by atoms with Gasteiger partial charge in [0.1, 0.15) is 11.6 Å². The van der Waals surface area contributed by atoms with Crippen molar-refractivity contribution in [2.75, 3.05) is 23.4 Å². The summed E-state index contributed by atoms with van der Waals surface area (Å²) >= 11 is 0. The Bertz CT molecular complexity index is 1190. The Morgan fingerprint density at radius 1 is 0.967 bits per heavy atom. The van der Waals surface area contributed by atoms with Crippen molar-refractivity contribution >= 4 is 27.3 Å². The van der Waals surface area contributed by atoms with E-state index < -0.39 is 21.7 Å². The molecule has 8 heteroatoms. The lowest BCUT2D eigenvalue weighted by molar-refractivity contribution is 0.102. The van der Waals surface area contributed by atoms with Crippen molar-refractivity contribution in [1.29, 1.82) is 0 Å². The Hall–Kier alpha value is -3.39. The molecule has 0 spiro atoms. The first-order chi connectivity index (χ1) is 14.2. The Morgan fingerprint density at radius 3 is 2.23 bits per heavy atom. The molecule has 6 nitrogen and oxygen atoms in total. The van der Waals surface area contributed by atoms with E-state index in [0.717, 1.165) is 17.4 Å². The number of hydrogen-bond donors (Lipinski definition) is 2. The number of hydrogen-bond acceptors (Lipinski definition) is 4. The number of amides is 1. The van der Waals surface area contributed by atoms with Gasteiger partial charge in [0.05, 0.1) is 24.6 Å². The third kappa shape index (κ3) is 5.15. The highest BCUT2D eigenvalue weighted by molar-refractivity contribution is 7.92. The van der Waals surface area contributed by atoms with E-state index in [1.165, 1.54) is 37.4 Å². The maximum absolute atomic E-state index is 14.6. The zero-order valence-corrected chi connectivity index (χ0v) is 17.5. The second-order valence-electron chi connectivity index (χ2n) is 6.80. The summed E-state index contributed by atoms with van der Waals surface area (Å²) in [5.74, 6) is -1.03. The van der Waals surface area contributed by atoms with Gasteiger partial charge in [-0.3, -0.25) is 9.52 Å². The smallest absolute Gasteiger partial charge is 0.258 e. The van der Waals surface area contributed by atoms with Gasteiger partial charge in [0.2, 0.25) is 10.0 Å². The van der Waals surface area contributed by atoms with Crippen LogP contribution in [0.4, 0.5) is 15.8 Å². The lowest BCUT2D eigenvalue weighted by atomic mass is 10.0. The minimum atomic E-state index is -3.55. The normalized spacial score (nSPS) is 11.1. The van der Waals surface area contributed by atoms with Crippen LogP contribution < -0.4 is 14.8 Å². The van der Waals surface area contributed by atoms with Gasteiger partial charge >= 0.3 is 0 Å². The van der Waals surface area contributed by atoms with Crippen LogP contribution >= 0.6 is 0 Å². The van der Waals surface area contributed by atoms with Crippen LogP contribution in [0.2, 0.25) is 0 Å². The highest BCUT2D eigenvalue weighted by Gasteiger charge is 2.15. The van der Waals surface area contributed by atoms with Crippen LogP contribution in [0.25, 0.3) is 11.1 Å². The third-order valence-corrected chi connectivity index (χ3v) is 4.94. The zero-order valence-electron chi connectivity index (χ0n) is 16.7. The first kappa shape index (κ1) is 21.3. The summed E-state index contributed by atoms with van der Waals surface area (Å²) in [6.45, 7) is 1.97. The number of ether oxygens (including phenoxy) is 1. The molecule has 0 aromatic heterocycles. The van der Waals surface area contributed by atoms with Crippen LogP contribution in [0.5, 0.6) is 5.75 Å². The van der Waals surface area contributed by atoms with E-state index in [4.69, 9.17) is 4.74 Å². The van der Waals surface area contributed by atoms with Gasteiger partial charge in [-0.25, -0.2) is 12.8 Å². The molecular formula is C22H21FN2O4S. The number of carbonyl (C=O) groups excluding carboxylic acids is 1. The SMILES string of the molecule is COc1ccc(NC(=O)c2ccc(-c3ccc(C)cc3)cc2F)cc1NS(C)(=O)=O. The highest BCUT2D eigenvalue weighted by Crippen LogP contribution is 2.29. The molecule has 0 atom stereocenters. The van der Waals surface area contributed by atoms with Crippen molar-refractivity contribution < 1.29 is 22.3 Å². The van der Waals surface area contributed by atoms with E-state index in [2.05, 4.69) is 10.0 Å². The maximum atomic E-state index is 14.6. The second kappa shape index (κ2) is 8.54. The maximum Gasteiger partial charge on any atom is 0.258 e. The first-order valence-electron chi connectivity index (χ1n) is 9.00. The van der Waals surface area contributed by atoms with Crippen molar-refractivity contribution in [1.82, 2.24) is 0 Å². The van der Waals surface area contributed by atoms with E-state index in [1.807, 2.05) is 31.2 Å². The van der Waals surface area contributed by atoms with Crippen LogP contribution in [0, 0.1) is 12.7 Å². The molecule has 0 aliphatic heterocycles. The Labute approximate surface area is 174 Å². The molecule has 0 heterocycles. The zero-order chi connectivity index (χ0) is 21.9. The van der Waals surface area contributed by atoms with Crippen LogP contribution in [0.3, 0.4) is 0 Å². The van der Waals surface area contributed by atoms with Gasteiger partial charge in [-0.15, -0.1) is 0 Å². The van der Waals surface area contributed by atoms with Gasteiger partial charge in [-0.1, -0.05) is 35.9 Å². The summed E-state index contributed by atoms with van der Waals surface area (Å²) in [5, 5.41) is 2.57. The molecule has 3 rings (SSSR count). The number of methoxy groups -OCH3 is 1. The van der Waals surface area contributed by atoms with Crippen molar-refractivity contribution in [2.45, 2.75) is 6.92 Å². The molecule has 0 aliphatic carbocycles. The Balaban J connectivity index is 1.83. The number of aryl methyl sites for hydroxylation is 1. The summed E-state index contributed by atoms with van der Waals surface area (Å²) in [7, 11) is -2.16. The summed E-state index contributed by atoms with van der Waals surface area (Å²) in [6, 6.07) is 16.5. The summed E-state index contributed by atoms with van der Waals surface area (Å²) in [5.41, 5.74) is 2.92. The van der Waals surface area contributed by atoms with Gasteiger partial charge in [0.15, 0.2) is 0 Å². The van der Waals surface area contributed by atoms with E-state index in [1.54, 1.807) is 6.07 Å². The summed E-state index contributed by atoms with van der Waals surface area (Å²) < 4.78 is 45.1. The fourth-order valence-electron chi connectivity index (χ4n) is 2.89. The van der Waals surface area contributed by atoms with Gasteiger partial charge in [0.25, 0.3) is 5.91 Å². The Morgan fingerprint density at radius 2 is 1.63 bits per heavy atom. The van der Waals surface area contributed by atoms with Crippen molar-refractivity contribution in [2.24, 2.45) is 0 Å². The molecule has 3 aromatic rings. The average molecular weight is 428 g/mol. The molecule has 0 fully saturated rings. The van der Waals surface area contributed by atoms with Gasteiger partial charge in [-0.05, 0) is 48.4 Å². The van der Waals surface area contributed by atoms with Crippen molar-refractivity contribution in [3.05, 3.63) is 77.6 Å². The molecule has 3 aromatic carbocycles. The number of nitrogens with one attached hydrogen (secondary N) is 2. The predicted octanol–water partition coefficient (Wildman–Crippen LogP) is 4.43. The van der Waals surface area contributed by atoms with Crippen LogP contribution in [0.15, 0.2) is 60.7 Å². The lowest BCUT2D eigenvalue weighted by Crippen LogP contribution is -2.15. The number of carbonyl (C=O) groups is 1. The number of halogens is 1. The molecule has 1 amide bonds. The Kier molecular flexibility index (Phi) is 6.07. The molecule has 0 unspecified atom stereocenters. The standard InChI is InChI=1S/C22H21FN2O4S/c1-14-4-6-15(7-5-14)16-8-10-18(19(23)12-16)22(26)24-17-9-11-21(29-2)20(13-17)25-30(3,27)28/h4-13,25H,1-3H3,(H,24,26). The largest absolute Gasteiger partial charge is 0.495 e. The van der Waals surface area contributed by atoms with E-state index in [0.29, 0.717) is 5.56 Å². The number of sulfonamides is 1. The van der Waals surface area contributed by atoms with Crippen LogP contribution in [-0.4, -0.2) is 27.7 Å². The lowest BCUT2D eigenvalue weighted by Gasteiger charge is -2.13. The molecule has 30 heavy (non-hydrogen) atoms. The van der Waals surface area contributed by atoms with Crippen molar-refractivity contribution in [3.8, 4) is 16.9 Å². The highest BCUT2D eigenvalue weighted by atomic mass is 32.2. The van der Waals surface area contributed by atoms with Gasteiger partial charge in [-0.2, -0.15) is 0 Å². The number of anilines is 2. The summed E-state index contributed by atoms with van der Waals surface area (Å²) in [4.78, 5) is 12.6. The van der Waals surface area contributed by atoms with E-state index in [-0.39, 0.29) is 22.7 Å². The second-order valence-corrected chi connectivity index (χ2v) is 8.55. The van der Waals surface area contributed by atoms with Gasteiger partial charge in [0, 0.05) is 5.69 Å². The van der Waals surface area contributed by atoms with Crippen LogP contribution in [0.1, 0.15) is 15.9 Å². The molecule has 0 aliphatic rings. The molecule has 156 valence electrons. The number of rotatable bonds is 6. The molecule has 0 saturated heterocycles. The van der Waals surface area contributed by atoms with E-state index >= 15 is 0 Å². The summed E-state index contributed by atoms with van der Waals surface area (Å²) in [6.07, 6.45) is 1.00. The molecule has 0 radical (unpaired) electrons. The van der Waals surface area contributed by atoms with E-state index in [9.17, 15) is 17.6 Å². The molecule has 2 N–H and O–H groups in total. The predicted molar refractivity (Wildman–Crippen MR) is 116 cm³/mol. The monoisotopic (exact) mass is 428 g/mol. The molecule has 0 saturated carbocycles. The average Bonchev–Trinajstić information content (AvgIpc) is 2.67. The fraction of sp³-hybridized carbons (Fsp3) is 0.136. The minimum absolute atomic E-state index is 0.126. The molecule has 0 bridgehead atoms. The van der Waals surface area contributed by atoms with Gasteiger partial charge < -0.3 is 10.1 Å². The van der Waals surface area contributed by atoms with Crippen molar-refractivity contribution in [3.63, 3.8) is 0 Å². The third-order valence-electron chi connectivity index (χ3n) is 4.35. The minimum Gasteiger partial charge on any atom is -0.495 e. The first-order valence-corrected chi connectivity index (χ1v) is 10.9. The molecular weight excluding hydrogens is 407 g/mol.